The van der Waals surface area contributed by atoms with Crippen LogP contribution in [0.4, 0.5) is 5.69 Å². The van der Waals surface area contributed by atoms with Crippen molar-refractivity contribution >= 4 is 11.6 Å². The van der Waals surface area contributed by atoms with Gasteiger partial charge in [-0.05, 0) is 30.3 Å². The van der Waals surface area contributed by atoms with Crippen LogP contribution in [-0.2, 0) is 0 Å². The number of benzene rings is 2. The molecule has 0 aromatic heterocycles. The van der Waals surface area contributed by atoms with Gasteiger partial charge in [-0.3, -0.25) is 4.79 Å². The number of nitrogens with one attached hydrogen (secondary N) is 1. The topological polar surface area (TPSA) is 66.0 Å². The van der Waals surface area contributed by atoms with Crippen LogP contribution in [0, 0.1) is 0 Å². The smallest absolute Gasteiger partial charge is 0.255 e. The predicted molar refractivity (Wildman–Crippen MR) is 89.2 cm³/mol. The van der Waals surface area contributed by atoms with Crippen LogP contribution >= 0.6 is 0 Å². The van der Waals surface area contributed by atoms with Crippen LogP contribution in [0.15, 0.2) is 49.1 Å². The molecule has 0 atom stereocenters. The third-order valence-corrected chi connectivity index (χ3v) is 3.41. The largest absolute Gasteiger partial charge is 0.493 e. The van der Waals surface area contributed by atoms with Gasteiger partial charge < -0.3 is 24.3 Å². The summed E-state index contributed by atoms with van der Waals surface area (Å²) in [6.07, 6.45) is 1.64. The molecule has 0 radical (unpaired) electrons. The summed E-state index contributed by atoms with van der Waals surface area (Å²) < 4.78 is 21.3. The maximum Gasteiger partial charge on any atom is 0.255 e. The lowest BCUT2D eigenvalue weighted by Gasteiger charge is -2.11. The summed E-state index contributed by atoms with van der Waals surface area (Å²) in [6, 6.07) is 10.2. The molecule has 2 aromatic carbocycles. The molecule has 0 bridgehead atoms. The van der Waals surface area contributed by atoms with Crippen molar-refractivity contribution in [3.05, 3.63) is 54.6 Å². The number of amides is 1. The van der Waals surface area contributed by atoms with Crippen LogP contribution in [0.1, 0.15) is 10.4 Å². The van der Waals surface area contributed by atoms with E-state index in [0.29, 0.717) is 40.9 Å². The van der Waals surface area contributed by atoms with Gasteiger partial charge in [-0.2, -0.15) is 0 Å². The fourth-order valence-electron chi connectivity index (χ4n) is 2.25. The second-order valence-corrected chi connectivity index (χ2v) is 4.99. The number of fused-ring (bicyclic) bond motifs is 1. The van der Waals surface area contributed by atoms with Gasteiger partial charge in [-0.1, -0.05) is 12.7 Å². The van der Waals surface area contributed by atoms with E-state index in [9.17, 15) is 4.79 Å². The SMILES string of the molecule is C=CCOc1ccc(C(=O)Nc2ccc3c(c2)OCO3)cc1OC. The molecule has 0 saturated carbocycles. The average molecular weight is 327 g/mol. The van der Waals surface area contributed by atoms with Crippen LogP contribution in [0.5, 0.6) is 23.0 Å². The Morgan fingerprint density at radius 3 is 2.83 bits per heavy atom. The van der Waals surface area contributed by atoms with Crippen LogP contribution in [0.25, 0.3) is 0 Å². The Bertz CT molecular complexity index is 772. The van der Waals surface area contributed by atoms with E-state index in [0.717, 1.165) is 0 Å². The highest BCUT2D eigenvalue weighted by atomic mass is 16.7. The molecule has 6 nitrogen and oxygen atoms in total. The summed E-state index contributed by atoms with van der Waals surface area (Å²) in [4.78, 5) is 12.4. The van der Waals surface area contributed by atoms with Crippen LogP contribution in [0.2, 0.25) is 0 Å². The Morgan fingerprint density at radius 2 is 2.04 bits per heavy atom. The molecule has 24 heavy (non-hydrogen) atoms. The number of methoxy groups -OCH3 is 1. The third kappa shape index (κ3) is 3.27. The number of hydrogen-bond donors (Lipinski definition) is 1. The zero-order valence-corrected chi connectivity index (χ0v) is 13.2. The summed E-state index contributed by atoms with van der Waals surface area (Å²) in [5.74, 6) is 2.05. The van der Waals surface area contributed by atoms with E-state index in [1.165, 1.54) is 7.11 Å². The number of rotatable bonds is 6. The molecule has 1 aliphatic rings. The van der Waals surface area contributed by atoms with E-state index < -0.39 is 0 Å². The summed E-state index contributed by atoms with van der Waals surface area (Å²) >= 11 is 0. The molecular formula is C18H17NO5. The number of anilines is 1. The van der Waals surface area contributed by atoms with Crippen molar-refractivity contribution in [3.8, 4) is 23.0 Å². The Hall–Kier alpha value is -3.15. The second kappa shape index (κ2) is 6.95. The molecular weight excluding hydrogens is 310 g/mol. The molecule has 0 spiro atoms. The van der Waals surface area contributed by atoms with Crippen molar-refractivity contribution in [3.63, 3.8) is 0 Å². The Morgan fingerprint density at radius 1 is 1.21 bits per heavy atom. The molecule has 6 heteroatoms. The minimum Gasteiger partial charge on any atom is -0.493 e. The van der Waals surface area contributed by atoms with Gasteiger partial charge in [0, 0.05) is 17.3 Å². The monoisotopic (exact) mass is 327 g/mol. The number of carbonyl (C=O) groups excluding carboxylic acids is 1. The highest BCUT2D eigenvalue weighted by Crippen LogP contribution is 2.34. The van der Waals surface area contributed by atoms with Gasteiger partial charge in [0.25, 0.3) is 5.91 Å². The molecule has 0 fully saturated rings. The minimum absolute atomic E-state index is 0.191. The van der Waals surface area contributed by atoms with Crippen LogP contribution in [0.3, 0.4) is 0 Å². The van der Waals surface area contributed by atoms with E-state index >= 15 is 0 Å². The summed E-state index contributed by atoms with van der Waals surface area (Å²) in [5.41, 5.74) is 1.07. The number of hydrogen-bond acceptors (Lipinski definition) is 5. The molecule has 0 saturated heterocycles. The molecule has 1 heterocycles. The molecule has 3 rings (SSSR count). The number of carbonyl (C=O) groups is 1. The second-order valence-electron chi connectivity index (χ2n) is 4.99. The van der Waals surface area contributed by atoms with Crippen molar-refractivity contribution in [1.29, 1.82) is 0 Å². The van der Waals surface area contributed by atoms with Crippen molar-refractivity contribution < 1.29 is 23.7 Å². The van der Waals surface area contributed by atoms with Gasteiger partial charge in [0.1, 0.15) is 6.61 Å². The maximum atomic E-state index is 12.4. The van der Waals surface area contributed by atoms with E-state index in [2.05, 4.69) is 11.9 Å². The van der Waals surface area contributed by atoms with Crippen molar-refractivity contribution in [2.75, 3.05) is 25.8 Å². The van der Waals surface area contributed by atoms with Gasteiger partial charge in [0.2, 0.25) is 6.79 Å². The Labute approximate surface area is 139 Å². The molecule has 1 aliphatic heterocycles. The van der Waals surface area contributed by atoms with Gasteiger partial charge in [-0.15, -0.1) is 0 Å². The minimum atomic E-state index is -0.262. The first-order chi connectivity index (χ1) is 11.7. The van der Waals surface area contributed by atoms with Gasteiger partial charge in [-0.25, -0.2) is 0 Å². The number of ether oxygens (including phenoxy) is 4. The van der Waals surface area contributed by atoms with E-state index in [1.807, 2.05) is 0 Å². The van der Waals surface area contributed by atoms with Crippen molar-refractivity contribution in [2.45, 2.75) is 0 Å². The zero-order chi connectivity index (χ0) is 16.9. The highest BCUT2D eigenvalue weighted by molar-refractivity contribution is 6.04. The summed E-state index contributed by atoms with van der Waals surface area (Å²) in [6.45, 7) is 4.15. The Balaban J connectivity index is 1.76. The van der Waals surface area contributed by atoms with E-state index in [-0.39, 0.29) is 12.7 Å². The molecule has 1 amide bonds. The molecule has 124 valence electrons. The highest BCUT2D eigenvalue weighted by Gasteiger charge is 2.15. The first-order valence-electron chi connectivity index (χ1n) is 7.34. The quantitative estimate of drug-likeness (QED) is 0.825. The summed E-state index contributed by atoms with van der Waals surface area (Å²) in [5, 5.41) is 2.81. The van der Waals surface area contributed by atoms with Gasteiger partial charge in [0.15, 0.2) is 23.0 Å². The van der Waals surface area contributed by atoms with Crippen molar-refractivity contribution in [1.82, 2.24) is 0 Å². The Kier molecular flexibility index (Phi) is 4.56. The van der Waals surface area contributed by atoms with E-state index in [4.69, 9.17) is 18.9 Å². The van der Waals surface area contributed by atoms with Gasteiger partial charge in [0.05, 0.1) is 7.11 Å². The normalized spacial score (nSPS) is 11.7. The average Bonchev–Trinajstić information content (AvgIpc) is 3.07. The van der Waals surface area contributed by atoms with Gasteiger partial charge >= 0.3 is 0 Å². The fourth-order valence-corrected chi connectivity index (χ4v) is 2.25. The van der Waals surface area contributed by atoms with E-state index in [1.54, 1.807) is 42.5 Å². The first-order valence-corrected chi connectivity index (χ1v) is 7.34. The zero-order valence-electron chi connectivity index (χ0n) is 13.2. The maximum absolute atomic E-state index is 12.4. The standard InChI is InChI=1S/C18H17NO5/c1-3-8-22-14-6-4-12(9-16(14)21-2)18(20)19-13-5-7-15-17(10-13)24-11-23-15/h3-7,9-10H,1,8,11H2,2H3,(H,19,20). The lowest BCUT2D eigenvalue weighted by atomic mass is 10.1. The van der Waals surface area contributed by atoms with Crippen molar-refractivity contribution in [2.24, 2.45) is 0 Å². The first kappa shape index (κ1) is 15.7. The molecule has 0 aliphatic carbocycles. The third-order valence-electron chi connectivity index (χ3n) is 3.41. The summed E-state index contributed by atoms with van der Waals surface area (Å²) in [7, 11) is 1.52. The lowest BCUT2D eigenvalue weighted by Crippen LogP contribution is -2.12. The lowest BCUT2D eigenvalue weighted by molar-refractivity contribution is 0.102. The molecule has 0 unspecified atom stereocenters. The molecule has 1 N–H and O–H groups in total. The molecule has 2 aromatic rings. The van der Waals surface area contributed by atoms with Crippen LogP contribution < -0.4 is 24.3 Å². The fraction of sp³-hybridized carbons (Fsp3) is 0.167. The van der Waals surface area contributed by atoms with Crippen LogP contribution in [-0.4, -0.2) is 26.4 Å². The predicted octanol–water partition coefficient (Wildman–Crippen LogP) is 3.24.